The van der Waals surface area contributed by atoms with Crippen molar-refractivity contribution in [1.82, 2.24) is 25.4 Å². The number of aromatic nitrogens is 3. The van der Waals surface area contributed by atoms with E-state index in [-0.39, 0.29) is 24.0 Å². The van der Waals surface area contributed by atoms with Crippen LogP contribution >= 0.6 is 35.3 Å². The lowest BCUT2D eigenvalue weighted by Crippen LogP contribution is -2.38. The number of halogens is 1. The Bertz CT molecular complexity index is 637. The van der Waals surface area contributed by atoms with Crippen molar-refractivity contribution in [2.45, 2.75) is 45.7 Å². The Morgan fingerprint density at radius 2 is 2.25 bits per heavy atom. The first-order valence-electron chi connectivity index (χ1n) is 8.32. The van der Waals surface area contributed by atoms with E-state index in [0.29, 0.717) is 6.54 Å². The van der Waals surface area contributed by atoms with Crippen molar-refractivity contribution < 1.29 is 0 Å². The molecule has 1 aliphatic rings. The first kappa shape index (κ1) is 19.2. The summed E-state index contributed by atoms with van der Waals surface area (Å²) in [6.07, 6.45) is 4.48. The molecule has 0 aliphatic carbocycles. The quantitative estimate of drug-likeness (QED) is 0.395. The first-order valence-corrected chi connectivity index (χ1v) is 9.20. The molecule has 0 fully saturated rings. The summed E-state index contributed by atoms with van der Waals surface area (Å²) in [5.74, 6) is 2.92. The van der Waals surface area contributed by atoms with Gasteiger partial charge >= 0.3 is 0 Å². The van der Waals surface area contributed by atoms with E-state index in [9.17, 15) is 0 Å². The molecule has 6 nitrogen and oxygen atoms in total. The van der Waals surface area contributed by atoms with E-state index in [1.807, 2.05) is 0 Å². The number of guanidine groups is 1. The highest BCUT2D eigenvalue weighted by Gasteiger charge is 2.15. The Balaban J connectivity index is 0.00000208. The average molecular weight is 460 g/mol. The fourth-order valence-electron chi connectivity index (χ4n) is 2.74. The van der Waals surface area contributed by atoms with Crippen LogP contribution in [0.25, 0.3) is 0 Å². The molecule has 2 aromatic heterocycles. The van der Waals surface area contributed by atoms with Crippen LogP contribution in [0.15, 0.2) is 22.5 Å². The van der Waals surface area contributed by atoms with Gasteiger partial charge in [0, 0.05) is 30.9 Å². The number of hydrogen-bond donors (Lipinski definition) is 2. The summed E-state index contributed by atoms with van der Waals surface area (Å²) >= 11 is 1.79. The van der Waals surface area contributed by atoms with Crippen LogP contribution in [0.3, 0.4) is 0 Å². The Kier molecular flexibility index (Phi) is 7.97. The van der Waals surface area contributed by atoms with Gasteiger partial charge in [0.25, 0.3) is 0 Å². The SMILES string of the molecule is CCNC(=NCc1nnc2n1CCCC2)NCCc1cccs1.I. The summed E-state index contributed by atoms with van der Waals surface area (Å²) in [7, 11) is 0. The van der Waals surface area contributed by atoms with Crippen LogP contribution in [-0.2, 0) is 25.9 Å². The van der Waals surface area contributed by atoms with E-state index in [1.54, 1.807) is 11.3 Å². The second kappa shape index (κ2) is 9.97. The Morgan fingerprint density at radius 1 is 1.33 bits per heavy atom. The van der Waals surface area contributed by atoms with Gasteiger partial charge in [-0.1, -0.05) is 6.07 Å². The van der Waals surface area contributed by atoms with Gasteiger partial charge in [-0.25, -0.2) is 4.99 Å². The topological polar surface area (TPSA) is 67.1 Å². The molecule has 3 rings (SSSR count). The lowest BCUT2D eigenvalue weighted by molar-refractivity contribution is 0.508. The van der Waals surface area contributed by atoms with Crippen molar-refractivity contribution in [1.29, 1.82) is 0 Å². The van der Waals surface area contributed by atoms with E-state index < -0.39 is 0 Å². The average Bonchev–Trinajstić information content (AvgIpc) is 3.22. The van der Waals surface area contributed by atoms with Crippen molar-refractivity contribution in [2.24, 2.45) is 4.99 Å². The summed E-state index contributed by atoms with van der Waals surface area (Å²) < 4.78 is 2.22. The number of aliphatic imine (C=N–C) groups is 1. The zero-order valence-corrected chi connectivity index (χ0v) is 17.1. The number of hydrogen-bond acceptors (Lipinski definition) is 4. The lowest BCUT2D eigenvalue weighted by atomic mass is 10.2. The highest BCUT2D eigenvalue weighted by Crippen LogP contribution is 2.14. The van der Waals surface area contributed by atoms with Gasteiger partial charge in [0.15, 0.2) is 11.8 Å². The van der Waals surface area contributed by atoms with E-state index in [0.717, 1.165) is 50.1 Å². The minimum atomic E-state index is 0. The molecule has 3 heterocycles. The van der Waals surface area contributed by atoms with Gasteiger partial charge in [-0.3, -0.25) is 0 Å². The van der Waals surface area contributed by atoms with Crippen LogP contribution in [0, 0.1) is 0 Å². The summed E-state index contributed by atoms with van der Waals surface area (Å²) in [4.78, 5) is 6.05. The zero-order chi connectivity index (χ0) is 15.9. The van der Waals surface area contributed by atoms with Crippen molar-refractivity contribution in [3.05, 3.63) is 34.0 Å². The Morgan fingerprint density at radius 3 is 3.04 bits per heavy atom. The molecule has 2 N–H and O–H groups in total. The largest absolute Gasteiger partial charge is 0.357 e. The molecule has 0 radical (unpaired) electrons. The van der Waals surface area contributed by atoms with Crippen molar-refractivity contribution >= 4 is 41.3 Å². The van der Waals surface area contributed by atoms with Crippen LogP contribution in [0.2, 0.25) is 0 Å². The predicted octanol–water partition coefficient (Wildman–Crippen LogP) is 2.59. The van der Waals surface area contributed by atoms with E-state index >= 15 is 0 Å². The zero-order valence-electron chi connectivity index (χ0n) is 14.0. The number of nitrogens with zero attached hydrogens (tertiary/aromatic N) is 4. The van der Waals surface area contributed by atoms with Gasteiger partial charge in [-0.05, 0) is 37.6 Å². The highest BCUT2D eigenvalue weighted by molar-refractivity contribution is 14.0. The van der Waals surface area contributed by atoms with Gasteiger partial charge in [-0.15, -0.1) is 45.5 Å². The van der Waals surface area contributed by atoms with Crippen molar-refractivity contribution in [2.75, 3.05) is 13.1 Å². The van der Waals surface area contributed by atoms with Gasteiger partial charge in [0.1, 0.15) is 12.4 Å². The fourth-order valence-corrected chi connectivity index (χ4v) is 3.44. The van der Waals surface area contributed by atoms with Crippen LogP contribution in [-0.4, -0.2) is 33.8 Å². The fraction of sp³-hybridized carbons (Fsp3) is 0.562. The van der Waals surface area contributed by atoms with Gasteiger partial charge in [-0.2, -0.15) is 0 Å². The predicted molar refractivity (Wildman–Crippen MR) is 109 cm³/mol. The third-order valence-electron chi connectivity index (χ3n) is 3.90. The molecule has 0 atom stereocenters. The normalized spacial score (nSPS) is 14.0. The number of thiophene rings is 1. The summed E-state index contributed by atoms with van der Waals surface area (Å²) in [5.41, 5.74) is 0. The smallest absolute Gasteiger partial charge is 0.191 e. The summed E-state index contributed by atoms with van der Waals surface area (Å²) in [5, 5.41) is 17.4. The maximum atomic E-state index is 4.66. The number of aryl methyl sites for hydroxylation is 1. The molecule has 0 aromatic carbocycles. The molecule has 1 aliphatic heterocycles. The van der Waals surface area contributed by atoms with Gasteiger partial charge in [0.05, 0.1) is 0 Å². The van der Waals surface area contributed by atoms with Gasteiger partial charge in [0.2, 0.25) is 0 Å². The third-order valence-corrected chi connectivity index (χ3v) is 4.84. The second-order valence-corrected chi connectivity index (χ2v) is 6.62. The summed E-state index contributed by atoms with van der Waals surface area (Å²) in [6, 6.07) is 4.26. The Labute approximate surface area is 164 Å². The van der Waals surface area contributed by atoms with Crippen molar-refractivity contribution in [3.8, 4) is 0 Å². The van der Waals surface area contributed by atoms with Gasteiger partial charge < -0.3 is 15.2 Å². The molecule has 0 unspecified atom stereocenters. The lowest BCUT2D eigenvalue weighted by Gasteiger charge is -2.14. The molecule has 0 saturated heterocycles. The van der Waals surface area contributed by atoms with Crippen LogP contribution in [0.1, 0.15) is 36.3 Å². The molecule has 0 bridgehead atoms. The van der Waals surface area contributed by atoms with Crippen LogP contribution in [0.5, 0.6) is 0 Å². The maximum Gasteiger partial charge on any atom is 0.191 e. The minimum absolute atomic E-state index is 0. The maximum absolute atomic E-state index is 4.66. The monoisotopic (exact) mass is 460 g/mol. The minimum Gasteiger partial charge on any atom is -0.357 e. The molecular formula is C16H25IN6S. The highest BCUT2D eigenvalue weighted by atomic mass is 127. The molecule has 2 aromatic rings. The van der Waals surface area contributed by atoms with E-state index in [2.05, 4.69) is 54.8 Å². The molecule has 0 saturated carbocycles. The van der Waals surface area contributed by atoms with E-state index in [4.69, 9.17) is 0 Å². The molecular weight excluding hydrogens is 435 g/mol. The summed E-state index contributed by atoms with van der Waals surface area (Å²) in [6.45, 7) is 5.40. The molecule has 0 spiro atoms. The van der Waals surface area contributed by atoms with E-state index in [1.165, 1.54) is 17.7 Å². The molecule has 24 heavy (non-hydrogen) atoms. The van der Waals surface area contributed by atoms with Crippen molar-refractivity contribution in [3.63, 3.8) is 0 Å². The Hall–Kier alpha value is -1.16. The standard InChI is InChI=1S/C16H24N6S.HI/c1-2-17-16(18-9-8-13-6-5-11-23-13)19-12-15-21-20-14-7-3-4-10-22(14)15;/h5-6,11H,2-4,7-10,12H2,1H3,(H2,17,18,19);1H. The second-order valence-electron chi connectivity index (χ2n) is 5.59. The first-order chi connectivity index (χ1) is 11.4. The molecule has 132 valence electrons. The number of nitrogens with one attached hydrogen (secondary N) is 2. The number of fused-ring (bicyclic) bond motifs is 1. The number of rotatable bonds is 6. The molecule has 0 amide bonds. The van der Waals surface area contributed by atoms with Crippen LogP contribution < -0.4 is 10.6 Å². The molecule has 8 heteroatoms. The van der Waals surface area contributed by atoms with Crippen LogP contribution in [0.4, 0.5) is 0 Å². The third kappa shape index (κ3) is 5.17.